The zero-order valence-corrected chi connectivity index (χ0v) is 8.64. The highest BCUT2D eigenvalue weighted by atomic mass is 35.5. The van der Waals surface area contributed by atoms with Crippen LogP contribution in [0.4, 0.5) is 0 Å². The third kappa shape index (κ3) is 2.02. The topological polar surface area (TPSA) is 38.9 Å². The third-order valence-electron chi connectivity index (χ3n) is 2.50. The summed E-state index contributed by atoms with van der Waals surface area (Å²) < 4.78 is 5.41. The third-order valence-corrected chi connectivity index (χ3v) is 2.69. The van der Waals surface area contributed by atoms with Gasteiger partial charge in [-0.3, -0.25) is 0 Å². The van der Waals surface area contributed by atoms with E-state index in [1.165, 1.54) is 12.8 Å². The van der Waals surface area contributed by atoms with E-state index < -0.39 is 0 Å². The molecule has 13 heavy (non-hydrogen) atoms. The van der Waals surface area contributed by atoms with Crippen LogP contribution in [-0.2, 0) is 6.42 Å². The molecule has 0 saturated heterocycles. The number of nitrogens with zero attached hydrogens (tertiary/aromatic N) is 2. The van der Waals surface area contributed by atoms with Gasteiger partial charge in [-0.15, -0.1) is 21.8 Å². The highest BCUT2D eigenvalue weighted by Crippen LogP contribution is 2.47. The maximum Gasteiger partial charge on any atom is 0.234 e. The van der Waals surface area contributed by atoms with Gasteiger partial charge in [0, 0.05) is 6.42 Å². The summed E-state index contributed by atoms with van der Waals surface area (Å²) >= 11 is 5.81. The SMILES string of the molecule is CC(Cl)c1nnc(CC2(C)CC2)o1. The van der Waals surface area contributed by atoms with Crippen molar-refractivity contribution in [2.45, 2.75) is 38.5 Å². The van der Waals surface area contributed by atoms with E-state index >= 15 is 0 Å². The minimum Gasteiger partial charge on any atom is -0.424 e. The predicted octanol–water partition coefficient (Wildman–Crippen LogP) is 2.71. The average Bonchev–Trinajstić information content (AvgIpc) is 2.62. The number of hydrogen-bond donors (Lipinski definition) is 0. The second-order valence-electron chi connectivity index (χ2n) is 4.14. The van der Waals surface area contributed by atoms with Gasteiger partial charge < -0.3 is 4.42 Å². The second-order valence-corrected chi connectivity index (χ2v) is 4.79. The molecule has 72 valence electrons. The number of alkyl halides is 1. The summed E-state index contributed by atoms with van der Waals surface area (Å²) in [4.78, 5) is 0. The van der Waals surface area contributed by atoms with Gasteiger partial charge >= 0.3 is 0 Å². The molecule has 1 aromatic rings. The standard InChI is InChI=1S/C9H13ClN2O/c1-6(10)8-12-11-7(13-8)5-9(2)3-4-9/h6H,3-5H2,1-2H3. The van der Waals surface area contributed by atoms with Crippen LogP contribution in [0.25, 0.3) is 0 Å². The van der Waals surface area contributed by atoms with Crippen molar-refractivity contribution in [2.75, 3.05) is 0 Å². The molecular weight excluding hydrogens is 188 g/mol. The zero-order chi connectivity index (χ0) is 9.47. The first-order valence-electron chi connectivity index (χ1n) is 4.55. The summed E-state index contributed by atoms with van der Waals surface area (Å²) in [6.45, 7) is 4.07. The fourth-order valence-corrected chi connectivity index (χ4v) is 1.34. The molecule has 1 fully saturated rings. The van der Waals surface area contributed by atoms with Gasteiger partial charge in [-0.25, -0.2) is 0 Å². The molecule has 0 N–H and O–H groups in total. The summed E-state index contributed by atoms with van der Waals surface area (Å²) in [5.41, 5.74) is 0.416. The molecule has 1 aliphatic carbocycles. The van der Waals surface area contributed by atoms with Crippen molar-refractivity contribution in [3.8, 4) is 0 Å². The number of aromatic nitrogens is 2. The van der Waals surface area contributed by atoms with Crippen LogP contribution in [0.3, 0.4) is 0 Å². The Kier molecular flexibility index (Phi) is 2.06. The van der Waals surface area contributed by atoms with Gasteiger partial charge in [0.15, 0.2) is 0 Å². The van der Waals surface area contributed by atoms with Crippen LogP contribution in [0, 0.1) is 5.41 Å². The van der Waals surface area contributed by atoms with Crippen LogP contribution in [-0.4, -0.2) is 10.2 Å². The van der Waals surface area contributed by atoms with Crippen LogP contribution < -0.4 is 0 Å². The molecule has 1 saturated carbocycles. The van der Waals surface area contributed by atoms with Crippen LogP contribution in [0.1, 0.15) is 43.8 Å². The van der Waals surface area contributed by atoms with E-state index in [4.69, 9.17) is 16.0 Å². The van der Waals surface area contributed by atoms with Crippen molar-refractivity contribution < 1.29 is 4.42 Å². The Morgan fingerprint density at radius 1 is 1.54 bits per heavy atom. The number of halogens is 1. The molecule has 3 nitrogen and oxygen atoms in total. The van der Waals surface area contributed by atoms with Crippen LogP contribution >= 0.6 is 11.6 Å². The van der Waals surface area contributed by atoms with E-state index in [9.17, 15) is 0 Å². The molecule has 1 aliphatic rings. The monoisotopic (exact) mass is 200 g/mol. The van der Waals surface area contributed by atoms with E-state index in [2.05, 4.69) is 17.1 Å². The molecule has 0 aliphatic heterocycles. The lowest BCUT2D eigenvalue weighted by Crippen LogP contribution is -1.98. The Morgan fingerprint density at radius 3 is 2.69 bits per heavy atom. The molecule has 0 spiro atoms. The van der Waals surface area contributed by atoms with Gasteiger partial charge in [-0.05, 0) is 25.2 Å². The van der Waals surface area contributed by atoms with E-state index in [-0.39, 0.29) is 5.38 Å². The molecular formula is C9H13ClN2O. The van der Waals surface area contributed by atoms with Crippen molar-refractivity contribution >= 4 is 11.6 Å². The smallest absolute Gasteiger partial charge is 0.234 e. The van der Waals surface area contributed by atoms with Crippen molar-refractivity contribution in [1.29, 1.82) is 0 Å². The van der Waals surface area contributed by atoms with Gasteiger partial charge in [0.05, 0.1) is 0 Å². The number of hydrogen-bond acceptors (Lipinski definition) is 3. The van der Waals surface area contributed by atoms with Gasteiger partial charge in [0.25, 0.3) is 0 Å². The van der Waals surface area contributed by atoms with Crippen molar-refractivity contribution in [3.05, 3.63) is 11.8 Å². The molecule has 2 rings (SSSR count). The largest absolute Gasteiger partial charge is 0.424 e. The summed E-state index contributed by atoms with van der Waals surface area (Å²) in [6.07, 6.45) is 3.42. The van der Waals surface area contributed by atoms with Gasteiger partial charge in [0.2, 0.25) is 11.8 Å². The second kappa shape index (κ2) is 2.98. The lowest BCUT2D eigenvalue weighted by Gasteiger charge is -2.01. The molecule has 0 radical (unpaired) electrons. The quantitative estimate of drug-likeness (QED) is 0.705. The van der Waals surface area contributed by atoms with E-state index in [1.54, 1.807) is 0 Å². The van der Waals surface area contributed by atoms with Crippen molar-refractivity contribution in [2.24, 2.45) is 5.41 Å². The highest BCUT2D eigenvalue weighted by molar-refractivity contribution is 6.20. The van der Waals surface area contributed by atoms with Crippen LogP contribution in [0.2, 0.25) is 0 Å². The van der Waals surface area contributed by atoms with Gasteiger partial charge in [-0.2, -0.15) is 0 Å². The van der Waals surface area contributed by atoms with E-state index in [1.807, 2.05) is 6.92 Å². The summed E-state index contributed by atoms with van der Waals surface area (Å²) in [6, 6.07) is 0. The first kappa shape index (κ1) is 9.00. The normalized spacial score (nSPS) is 21.5. The maximum absolute atomic E-state index is 5.81. The summed E-state index contributed by atoms with van der Waals surface area (Å²) in [7, 11) is 0. The van der Waals surface area contributed by atoms with Crippen LogP contribution in [0.15, 0.2) is 4.42 Å². The van der Waals surface area contributed by atoms with E-state index in [0.717, 1.165) is 12.3 Å². The van der Waals surface area contributed by atoms with Gasteiger partial charge in [-0.1, -0.05) is 6.92 Å². The Morgan fingerprint density at radius 2 is 2.23 bits per heavy atom. The molecule has 0 aromatic carbocycles. The Bertz CT molecular complexity index is 304. The fraction of sp³-hybridized carbons (Fsp3) is 0.778. The zero-order valence-electron chi connectivity index (χ0n) is 7.88. The minimum absolute atomic E-state index is 0.187. The maximum atomic E-state index is 5.81. The Hall–Kier alpha value is -0.570. The molecule has 1 atom stereocenters. The molecule has 0 amide bonds. The summed E-state index contributed by atoms with van der Waals surface area (Å²) in [5, 5.41) is 7.65. The van der Waals surface area contributed by atoms with Gasteiger partial charge in [0.1, 0.15) is 5.38 Å². The number of rotatable bonds is 3. The fourth-order valence-electron chi connectivity index (χ4n) is 1.25. The average molecular weight is 201 g/mol. The lowest BCUT2D eigenvalue weighted by molar-refractivity contribution is 0.408. The molecule has 4 heteroatoms. The molecule has 1 unspecified atom stereocenters. The van der Waals surface area contributed by atoms with Crippen molar-refractivity contribution in [3.63, 3.8) is 0 Å². The Labute approximate surface area is 82.5 Å². The summed E-state index contributed by atoms with van der Waals surface area (Å²) in [5.74, 6) is 1.25. The molecule has 1 heterocycles. The van der Waals surface area contributed by atoms with E-state index in [0.29, 0.717) is 11.3 Å². The first-order chi connectivity index (χ1) is 6.09. The highest BCUT2D eigenvalue weighted by Gasteiger charge is 2.38. The van der Waals surface area contributed by atoms with Crippen LogP contribution in [0.5, 0.6) is 0 Å². The Balaban J connectivity index is 2.05. The van der Waals surface area contributed by atoms with Crippen molar-refractivity contribution in [1.82, 2.24) is 10.2 Å². The predicted molar refractivity (Wildman–Crippen MR) is 49.6 cm³/mol. The lowest BCUT2D eigenvalue weighted by atomic mass is 10.1. The molecule has 0 bridgehead atoms. The molecule has 1 aromatic heterocycles. The minimum atomic E-state index is -0.187. The first-order valence-corrected chi connectivity index (χ1v) is 4.99.